The lowest BCUT2D eigenvalue weighted by Crippen LogP contribution is -2.35. The number of para-hydroxylation sites is 1. The second-order valence-electron chi connectivity index (χ2n) is 4.52. The second-order valence-corrected chi connectivity index (χ2v) is 4.52. The Morgan fingerprint density at radius 1 is 1.00 bits per heavy atom. The molecule has 0 saturated carbocycles. The molecule has 0 spiro atoms. The minimum Gasteiger partial charge on any atom is -0.429 e. The molecule has 0 N–H and O–H groups in total. The van der Waals surface area contributed by atoms with Crippen molar-refractivity contribution in [2.24, 2.45) is 0 Å². The van der Waals surface area contributed by atoms with Crippen LogP contribution in [0.4, 0.5) is 0 Å². The van der Waals surface area contributed by atoms with Crippen molar-refractivity contribution >= 4 is 0 Å². The van der Waals surface area contributed by atoms with E-state index in [1.807, 2.05) is 42.5 Å². The van der Waals surface area contributed by atoms with Crippen LogP contribution in [-0.2, 0) is 11.3 Å². The van der Waals surface area contributed by atoms with Gasteiger partial charge in [0.05, 0.1) is 19.8 Å². The Labute approximate surface area is 112 Å². The summed E-state index contributed by atoms with van der Waals surface area (Å²) in [7, 11) is 0. The number of hydrogen-bond donors (Lipinski definition) is 0. The summed E-state index contributed by atoms with van der Waals surface area (Å²) in [5.74, 6) is 2.25. The molecule has 1 aromatic heterocycles. The summed E-state index contributed by atoms with van der Waals surface area (Å²) in [4.78, 5) is 2.31. The summed E-state index contributed by atoms with van der Waals surface area (Å²) in [5.41, 5.74) is 0. The highest BCUT2D eigenvalue weighted by molar-refractivity contribution is 5.26. The minimum atomic E-state index is 0.537. The first-order chi connectivity index (χ1) is 9.40. The summed E-state index contributed by atoms with van der Waals surface area (Å²) in [6, 6.07) is 13.5. The normalized spacial score (nSPS) is 16.4. The summed E-state index contributed by atoms with van der Waals surface area (Å²) < 4.78 is 16.6. The summed E-state index contributed by atoms with van der Waals surface area (Å²) in [5, 5.41) is 0. The number of benzene rings is 1. The zero-order chi connectivity index (χ0) is 12.9. The Kier molecular flexibility index (Phi) is 3.81. The minimum absolute atomic E-state index is 0.537. The van der Waals surface area contributed by atoms with Gasteiger partial charge in [-0.25, -0.2) is 0 Å². The standard InChI is InChI=1S/C15H17NO3/c1-2-4-13(5-3-1)18-15-7-6-14(19-15)12-16-8-10-17-11-9-16/h1-7H,8-12H2. The van der Waals surface area contributed by atoms with Crippen molar-refractivity contribution in [3.05, 3.63) is 48.2 Å². The maximum absolute atomic E-state index is 5.69. The lowest BCUT2D eigenvalue weighted by molar-refractivity contribution is 0.0310. The van der Waals surface area contributed by atoms with Crippen LogP contribution in [0, 0.1) is 0 Å². The predicted octanol–water partition coefficient (Wildman–Crippen LogP) is 2.90. The van der Waals surface area contributed by atoms with Crippen LogP contribution in [0.3, 0.4) is 0 Å². The molecule has 100 valence electrons. The quantitative estimate of drug-likeness (QED) is 0.845. The number of ether oxygens (including phenoxy) is 2. The van der Waals surface area contributed by atoms with Crippen LogP contribution in [0.5, 0.6) is 11.7 Å². The lowest BCUT2D eigenvalue weighted by Gasteiger charge is -2.25. The highest BCUT2D eigenvalue weighted by Gasteiger charge is 2.13. The largest absolute Gasteiger partial charge is 0.429 e. The van der Waals surface area contributed by atoms with Gasteiger partial charge in [0.2, 0.25) is 0 Å². The molecule has 4 heteroatoms. The molecule has 0 atom stereocenters. The van der Waals surface area contributed by atoms with Crippen molar-refractivity contribution < 1.29 is 13.9 Å². The first kappa shape index (κ1) is 12.3. The van der Waals surface area contributed by atoms with Gasteiger partial charge < -0.3 is 13.9 Å². The zero-order valence-electron chi connectivity index (χ0n) is 10.7. The predicted molar refractivity (Wildman–Crippen MR) is 71.3 cm³/mol. The third kappa shape index (κ3) is 3.36. The number of morpholine rings is 1. The van der Waals surface area contributed by atoms with E-state index in [4.69, 9.17) is 13.9 Å². The van der Waals surface area contributed by atoms with Crippen molar-refractivity contribution in [3.8, 4) is 11.7 Å². The van der Waals surface area contributed by atoms with Gasteiger partial charge in [0.15, 0.2) is 0 Å². The average Bonchev–Trinajstić information content (AvgIpc) is 2.88. The monoisotopic (exact) mass is 259 g/mol. The summed E-state index contributed by atoms with van der Waals surface area (Å²) in [6.45, 7) is 4.31. The Hall–Kier alpha value is -1.78. The van der Waals surface area contributed by atoms with Gasteiger partial charge in [-0.15, -0.1) is 0 Å². The molecule has 2 aromatic rings. The van der Waals surface area contributed by atoms with Crippen LogP contribution in [0.15, 0.2) is 46.9 Å². The molecule has 0 bridgehead atoms. The van der Waals surface area contributed by atoms with E-state index in [1.54, 1.807) is 0 Å². The Morgan fingerprint density at radius 3 is 2.58 bits per heavy atom. The first-order valence-electron chi connectivity index (χ1n) is 6.52. The van der Waals surface area contributed by atoms with Gasteiger partial charge in [-0.1, -0.05) is 18.2 Å². The van der Waals surface area contributed by atoms with Gasteiger partial charge in [0.1, 0.15) is 11.5 Å². The van der Waals surface area contributed by atoms with E-state index in [1.165, 1.54) is 0 Å². The molecular weight excluding hydrogens is 242 g/mol. The van der Waals surface area contributed by atoms with Gasteiger partial charge in [-0.05, 0) is 18.2 Å². The molecule has 1 aliphatic rings. The van der Waals surface area contributed by atoms with Crippen LogP contribution in [0.2, 0.25) is 0 Å². The van der Waals surface area contributed by atoms with E-state index in [2.05, 4.69) is 4.90 Å². The van der Waals surface area contributed by atoms with Crippen molar-refractivity contribution in [3.63, 3.8) is 0 Å². The fraction of sp³-hybridized carbons (Fsp3) is 0.333. The third-order valence-corrected chi connectivity index (χ3v) is 3.08. The zero-order valence-corrected chi connectivity index (χ0v) is 10.7. The summed E-state index contributed by atoms with van der Waals surface area (Å²) >= 11 is 0. The molecule has 0 amide bonds. The van der Waals surface area contributed by atoms with Gasteiger partial charge in [0, 0.05) is 19.2 Å². The molecule has 4 nitrogen and oxygen atoms in total. The maximum atomic E-state index is 5.69. The number of rotatable bonds is 4. The summed E-state index contributed by atoms with van der Waals surface area (Å²) in [6.07, 6.45) is 0. The molecule has 1 aromatic carbocycles. The SMILES string of the molecule is c1ccc(Oc2ccc(CN3CCOCC3)o2)cc1. The van der Waals surface area contributed by atoms with E-state index < -0.39 is 0 Å². The molecule has 0 unspecified atom stereocenters. The molecule has 3 rings (SSSR count). The molecule has 2 heterocycles. The number of nitrogens with zero attached hydrogens (tertiary/aromatic N) is 1. The molecule has 1 aliphatic heterocycles. The Morgan fingerprint density at radius 2 is 1.79 bits per heavy atom. The van der Waals surface area contributed by atoms with Crippen LogP contribution in [0.25, 0.3) is 0 Å². The van der Waals surface area contributed by atoms with E-state index in [0.29, 0.717) is 5.95 Å². The average molecular weight is 259 g/mol. The van der Waals surface area contributed by atoms with Crippen molar-refractivity contribution in [2.75, 3.05) is 26.3 Å². The third-order valence-electron chi connectivity index (χ3n) is 3.08. The van der Waals surface area contributed by atoms with E-state index in [0.717, 1.165) is 44.4 Å². The van der Waals surface area contributed by atoms with Gasteiger partial charge in [-0.2, -0.15) is 0 Å². The van der Waals surface area contributed by atoms with Crippen LogP contribution < -0.4 is 4.74 Å². The van der Waals surface area contributed by atoms with Crippen LogP contribution >= 0.6 is 0 Å². The molecular formula is C15H17NO3. The maximum Gasteiger partial charge on any atom is 0.290 e. The molecule has 0 radical (unpaired) electrons. The Bertz CT molecular complexity index is 503. The van der Waals surface area contributed by atoms with Gasteiger partial charge >= 0.3 is 0 Å². The fourth-order valence-electron chi connectivity index (χ4n) is 2.08. The van der Waals surface area contributed by atoms with Crippen LogP contribution in [0.1, 0.15) is 5.76 Å². The van der Waals surface area contributed by atoms with Crippen molar-refractivity contribution in [1.82, 2.24) is 4.90 Å². The highest BCUT2D eigenvalue weighted by atomic mass is 16.6. The molecule has 1 fully saturated rings. The molecule has 1 saturated heterocycles. The van der Waals surface area contributed by atoms with E-state index in [-0.39, 0.29) is 0 Å². The highest BCUT2D eigenvalue weighted by Crippen LogP contribution is 2.24. The fourth-order valence-corrected chi connectivity index (χ4v) is 2.08. The van der Waals surface area contributed by atoms with E-state index >= 15 is 0 Å². The molecule has 19 heavy (non-hydrogen) atoms. The lowest BCUT2D eigenvalue weighted by atomic mass is 10.3. The van der Waals surface area contributed by atoms with Crippen molar-refractivity contribution in [1.29, 1.82) is 0 Å². The first-order valence-corrected chi connectivity index (χ1v) is 6.52. The van der Waals surface area contributed by atoms with Crippen molar-refractivity contribution in [2.45, 2.75) is 6.54 Å². The smallest absolute Gasteiger partial charge is 0.290 e. The second kappa shape index (κ2) is 5.91. The number of hydrogen-bond acceptors (Lipinski definition) is 4. The van der Waals surface area contributed by atoms with Crippen LogP contribution in [-0.4, -0.2) is 31.2 Å². The van der Waals surface area contributed by atoms with Gasteiger partial charge in [0.25, 0.3) is 5.95 Å². The van der Waals surface area contributed by atoms with E-state index in [9.17, 15) is 0 Å². The molecule has 0 aliphatic carbocycles. The topological polar surface area (TPSA) is 34.8 Å². The Balaban J connectivity index is 1.59. The van der Waals surface area contributed by atoms with Gasteiger partial charge in [-0.3, -0.25) is 4.90 Å². The number of furan rings is 1.